The van der Waals surface area contributed by atoms with Gasteiger partial charge in [-0.05, 0) is 30.7 Å². The Balaban J connectivity index is 1.74. The second kappa shape index (κ2) is 11.0. The van der Waals surface area contributed by atoms with Crippen molar-refractivity contribution in [3.05, 3.63) is 22.4 Å². The van der Waals surface area contributed by atoms with Crippen LogP contribution in [0.2, 0.25) is 0 Å². The van der Waals surface area contributed by atoms with Crippen LogP contribution >= 0.6 is 11.3 Å². The molecule has 3 amide bonds. The van der Waals surface area contributed by atoms with Crippen molar-refractivity contribution in [1.82, 2.24) is 20.9 Å². The summed E-state index contributed by atoms with van der Waals surface area (Å²) in [5.74, 6) is -0.134. The maximum atomic E-state index is 12.4. The minimum Gasteiger partial charge on any atom is -0.355 e. The maximum absolute atomic E-state index is 12.4. The van der Waals surface area contributed by atoms with E-state index >= 15 is 0 Å². The van der Waals surface area contributed by atoms with Gasteiger partial charge in [-0.15, -0.1) is 11.3 Å². The van der Waals surface area contributed by atoms with Crippen molar-refractivity contribution < 1.29 is 14.4 Å². The van der Waals surface area contributed by atoms with E-state index in [-0.39, 0.29) is 36.2 Å². The van der Waals surface area contributed by atoms with E-state index in [1.54, 1.807) is 0 Å². The number of nitrogens with one attached hydrogen (secondary N) is 3. The minimum absolute atomic E-state index is 0.0544. The van der Waals surface area contributed by atoms with Crippen LogP contribution in [0.4, 0.5) is 0 Å². The van der Waals surface area contributed by atoms with Gasteiger partial charge in [-0.3, -0.25) is 19.3 Å². The number of carbonyl (C=O) groups is 3. The number of piperidine rings is 1. The molecule has 7 nitrogen and oxygen atoms in total. The van der Waals surface area contributed by atoms with E-state index in [4.69, 9.17) is 0 Å². The molecule has 1 saturated heterocycles. The van der Waals surface area contributed by atoms with Crippen LogP contribution in [-0.2, 0) is 14.4 Å². The summed E-state index contributed by atoms with van der Waals surface area (Å²) in [4.78, 5) is 38.8. The first-order valence-electron chi connectivity index (χ1n) is 9.56. The molecule has 2 rings (SSSR count). The molecule has 150 valence electrons. The number of hydrogen-bond acceptors (Lipinski definition) is 5. The molecule has 1 aromatic rings. The number of nitrogens with zero attached hydrogens (tertiary/aromatic N) is 1. The molecule has 27 heavy (non-hydrogen) atoms. The zero-order valence-electron chi connectivity index (χ0n) is 16.1. The van der Waals surface area contributed by atoms with E-state index in [1.165, 1.54) is 18.3 Å². The third kappa shape index (κ3) is 7.68. The highest BCUT2D eigenvalue weighted by Gasteiger charge is 2.24. The molecule has 1 aromatic heterocycles. The quantitative estimate of drug-likeness (QED) is 0.591. The minimum atomic E-state index is -0.287. The topological polar surface area (TPSA) is 90.5 Å². The van der Waals surface area contributed by atoms with Gasteiger partial charge >= 0.3 is 0 Å². The summed E-state index contributed by atoms with van der Waals surface area (Å²) in [5.41, 5.74) is 0. The summed E-state index contributed by atoms with van der Waals surface area (Å²) in [6.07, 6.45) is 2.83. The van der Waals surface area contributed by atoms with Gasteiger partial charge in [0.05, 0.1) is 19.0 Å². The normalized spacial score (nSPS) is 16.5. The number of rotatable bonds is 9. The van der Waals surface area contributed by atoms with Gasteiger partial charge in [0, 0.05) is 37.5 Å². The lowest BCUT2D eigenvalue weighted by molar-refractivity contribution is -0.125. The molecule has 0 bridgehead atoms. The number of amides is 3. The van der Waals surface area contributed by atoms with E-state index in [1.807, 2.05) is 24.4 Å². The van der Waals surface area contributed by atoms with E-state index in [0.717, 1.165) is 37.2 Å². The molecule has 1 atom stereocenters. The van der Waals surface area contributed by atoms with Gasteiger partial charge in [0.1, 0.15) is 0 Å². The van der Waals surface area contributed by atoms with Crippen LogP contribution in [0.25, 0.3) is 0 Å². The van der Waals surface area contributed by atoms with Crippen molar-refractivity contribution >= 4 is 29.1 Å². The zero-order valence-corrected chi connectivity index (χ0v) is 16.9. The molecule has 0 saturated carbocycles. The summed E-state index contributed by atoms with van der Waals surface area (Å²) in [6.45, 7) is 6.22. The molecule has 0 spiro atoms. The summed E-state index contributed by atoms with van der Waals surface area (Å²) in [6, 6.07) is 3.68. The van der Waals surface area contributed by atoms with Crippen LogP contribution in [0.15, 0.2) is 17.5 Å². The number of thiophene rings is 1. The number of likely N-dealkylation sites (tertiary alicyclic amines) is 1. The molecular formula is C19H30N4O3S. The van der Waals surface area contributed by atoms with Crippen LogP contribution in [0, 0.1) is 0 Å². The van der Waals surface area contributed by atoms with Gasteiger partial charge in [0.25, 0.3) is 0 Å². The van der Waals surface area contributed by atoms with E-state index < -0.39 is 0 Å². The van der Waals surface area contributed by atoms with Crippen LogP contribution in [0.5, 0.6) is 0 Å². The largest absolute Gasteiger partial charge is 0.355 e. The fourth-order valence-electron chi connectivity index (χ4n) is 3.19. The van der Waals surface area contributed by atoms with Crippen molar-refractivity contribution in [2.45, 2.75) is 51.6 Å². The Morgan fingerprint density at radius 3 is 2.59 bits per heavy atom. The molecular weight excluding hydrogens is 364 g/mol. The van der Waals surface area contributed by atoms with Gasteiger partial charge in [-0.25, -0.2) is 0 Å². The Bertz CT molecular complexity index is 612. The first-order valence-corrected chi connectivity index (χ1v) is 10.4. The highest BCUT2D eigenvalue weighted by molar-refractivity contribution is 7.10. The third-order valence-electron chi connectivity index (χ3n) is 4.55. The SMILES string of the molecule is CCCNC(=O)CN1CCC(NC(=O)CC(NC(C)=O)c2cccs2)CC1. The van der Waals surface area contributed by atoms with Crippen molar-refractivity contribution in [3.63, 3.8) is 0 Å². The molecule has 1 unspecified atom stereocenters. The van der Waals surface area contributed by atoms with E-state index in [0.29, 0.717) is 13.1 Å². The van der Waals surface area contributed by atoms with Gasteiger partial charge in [0.2, 0.25) is 17.7 Å². The summed E-state index contributed by atoms with van der Waals surface area (Å²) in [5, 5.41) is 10.8. The molecule has 1 aliphatic rings. The van der Waals surface area contributed by atoms with Gasteiger partial charge < -0.3 is 16.0 Å². The molecule has 0 aliphatic carbocycles. The Morgan fingerprint density at radius 2 is 2.00 bits per heavy atom. The Hall–Kier alpha value is -1.93. The van der Waals surface area contributed by atoms with Gasteiger partial charge in [-0.1, -0.05) is 13.0 Å². The Kier molecular flexibility index (Phi) is 8.74. The van der Waals surface area contributed by atoms with Gasteiger partial charge in [-0.2, -0.15) is 0 Å². The monoisotopic (exact) mass is 394 g/mol. The Labute approximate surface area is 164 Å². The second-order valence-corrected chi connectivity index (χ2v) is 7.92. The summed E-state index contributed by atoms with van der Waals surface area (Å²) >= 11 is 1.53. The summed E-state index contributed by atoms with van der Waals surface area (Å²) < 4.78 is 0. The van der Waals surface area contributed by atoms with E-state index in [9.17, 15) is 14.4 Å². The van der Waals surface area contributed by atoms with Crippen LogP contribution in [-0.4, -0.2) is 54.8 Å². The lowest BCUT2D eigenvalue weighted by atomic mass is 10.0. The Morgan fingerprint density at radius 1 is 1.26 bits per heavy atom. The average molecular weight is 395 g/mol. The van der Waals surface area contributed by atoms with Gasteiger partial charge in [0.15, 0.2) is 0 Å². The molecule has 3 N–H and O–H groups in total. The third-order valence-corrected chi connectivity index (χ3v) is 5.53. The molecule has 8 heteroatoms. The highest BCUT2D eigenvalue weighted by Crippen LogP contribution is 2.22. The first-order chi connectivity index (χ1) is 13.0. The van der Waals surface area contributed by atoms with Crippen molar-refractivity contribution in [3.8, 4) is 0 Å². The van der Waals surface area contributed by atoms with Crippen molar-refractivity contribution in [2.24, 2.45) is 0 Å². The average Bonchev–Trinajstić information content (AvgIpc) is 3.15. The molecule has 0 radical (unpaired) electrons. The van der Waals surface area contributed by atoms with Crippen molar-refractivity contribution in [1.29, 1.82) is 0 Å². The maximum Gasteiger partial charge on any atom is 0.234 e. The van der Waals surface area contributed by atoms with Crippen molar-refractivity contribution in [2.75, 3.05) is 26.2 Å². The lowest BCUT2D eigenvalue weighted by Crippen LogP contribution is -2.47. The van der Waals surface area contributed by atoms with Crippen LogP contribution < -0.4 is 16.0 Å². The standard InChI is InChI=1S/C19H30N4O3S/c1-3-8-20-19(26)13-23-9-6-15(7-10-23)22-18(25)12-16(21-14(2)24)17-5-4-11-27-17/h4-5,11,15-16H,3,6-10,12-13H2,1-2H3,(H,20,26)(H,21,24)(H,22,25). The van der Waals surface area contributed by atoms with Crippen LogP contribution in [0.1, 0.15) is 50.4 Å². The number of carbonyl (C=O) groups excluding carboxylic acids is 3. The fourth-order valence-corrected chi connectivity index (χ4v) is 3.97. The zero-order chi connectivity index (χ0) is 19.6. The van der Waals surface area contributed by atoms with E-state index in [2.05, 4.69) is 20.9 Å². The summed E-state index contributed by atoms with van der Waals surface area (Å²) in [7, 11) is 0. The fraction of sp³-hybridized carbons (Fsp3) is 0.632. The molecule has 1 aliphatic heterocycles. The molecule has 0 aromatic carbocycles. The van der Waals surface area contributed by atoms with Crippen LogP contribution in [0.3, 0.4) is 0 Å². The highest BCUT2D eigenvalue weighted by atomic mass is 32.1. The molecule has 1 fully saturated rings. The molecule has 2 heterocycles. The predicted molar refractivity (Wildman–Crippen MR) is 106 cm³/mol. The number of hydrogen-bond donors (Lipinski definition) is 3. The predicted octanol–water partition coefficient (Wildman–Crippen LogP) is 1.42. The lowest BCUT2D eigenvalue weighted by Gasteiger charge is -2.32. The second-order valence-electron chi connectivity index (χ2n) is 6.94. The first kappa shape index (κ1) is 21.4. The smallest absolute Gasteiger partial charge is 0.234 e.